The van der Waals surface area contributed by atoms with Crippen molar-refractivity contribution in [3.05, 3.63) is 27.4 Å². The Balaban J connectivity index is 2.00. The molecular formula is C16H22N2O3S. The fourth-order valence-electron chi connectivity index (χ4n) is 2.22. The van der Waals surface area contributed by atoms with Crippen molar-refractivity contribution in [2.45, 2.75) is 33.1 Å². The Morgan fingerprint density at radius 1 is 1.36 bits per heavy atom. The van der Waals surface area contributed by atoms with E-state index in [1.165, 1.54) is 11.3 Å². The summed E-state index contributed by atoms with van der Waals surface area (Å²) in [7, 11) is 1.75. The zero-order valence-electron chi connectivity index (χ0n) is 13.3. The van der Waals surface area contributed by atoms with Crippen LogP contribution in [0.4, 0.5) is 5.69 Å². The fourth-order valence-corrected chi connectivity index (χ4v) is 3.12. The second-order valence-corrected chi connectivity index (χ2v) is 6.36. The van der Waals surface area contributed by atoms with Crippen LogP contribution in [0.1, 0.15) is 31.7 Å². The van der Waals surface area contributed by atoms with Crippen molar-refractivity contribution >= 4 is 33.1 Å². The molecule has 0 aliphatic rings. The van der Waals surface area contributed by atoms with Gasteiger partial charge in [-0.1, -0.05) is 31.1 Å². The van der Waals surface area contributed by atoms with Gasteiger partial charge in [0.2, 0.25) is 5.91 Å². The Morgan fingerprint density at radius 2 is 2.14 bits per heavy atom. The predicted octanol–water partition coefficient (Wildman–Crippen LogP) is 3.05. The number of carbonyl (C=O) groups is 1. The molecule has 0 aliphatic carbocycles. The Morgan fingerprint density at radius 3 is 2.86 bits per heavy atom. The molecule has 1 aromatic heterocycles. The number of ether oxygens (including phenoxy) is 1. The maximum Gasteiger partial charge on any atom is 0.307 e. The molecule has 5 nitrogen and oxygen atoms in total. The molecule has 0 saturated heterocycles. The third kappa shape index (κ3) is 3.96. The van der Waals surface area contributed by atoms with Gasteiger partial charge in [0.25, 0.3) is 0 Å². The lowest BCUT2D eigenvalue weighted by Gasteiger charge is -2.09. The molecule has 0 bridgehead atoms. The van der Waals surface area contributed by atoms with E-state index in [2.05, 4.69) is 12.2 Å². The second kappa shape index (κ2) is 7.56. The molecular weight excluding hydrogens is 300 g/mol. The van der Waals surface area contributed by atoms with Crippen molar-refractivity contribution in [2.75, 3.05) is 18.5 Å². The molecule has 0 radical (unpaired) electrons. The minimum absolute atomic E-state index is 0.00265. The van der Waals surface area contributed by atoms with Crippen molar-refractivity contribution in [2.24, 2.45) is 7.05 Å². The second-order valence-electron chi connectivity index (χ2n) is 5.37. The van der Waals surface area contributed by atoms with Crippen LogP contribution in [0.2, 0.25) is 0 Å². The van der Waals surface area contributed by atoms with Crippen molar-refractivity contribution in [1.82, 2.24) is 4.57 Å². The van der Waals surface area contributed by atoms with Gasteiger partial charge >= 0.3 is 4.87 Å². The molecule has 0 saturated carbocycles. The third-order valence-corrected chi connectivity index (χ3v) is 4.53. The highest BCUT2D eigenvalue weighted by molar-refractivity contribution is 7.16. The van der Waals surface area contributed by atoms with E-state index in [9.17, 15) is 9.59 Å². The van der Waals surface area contributed by atoms with E-state index in [1.54, 1.807) is 11.6 Å². The van der Waals surface area contributed by atoms with E-state index in [-0.39, 0.29) is 17.4 Å². The lowest BCUT2D eigenvalue weighted by Crippen LogP contribution is -2.19. The molecule has 1 amide bonds. The largest absolute Gasteiger partial charge is 0.372 e. The quantitative estimate of drug-likeness (QED) is 0.797. The summed E-state index contributed by atoms with van der Waals surface area (Å²) in [5.74, 6) is -0.165. The first-order valence-corrected chi connectivity index (χ1v) is 8.32. The molecule has 0 aliphatic heterocycles. The van der Waals surface area contributed by atoms with Crippen molar-refractivity contribution in [1.29, 1.82) is 0 Å². The molecule has 0 fully saturated rings. The first-order valence-electron chi connectivity index (χ1n) is 7.50. The summed E-state index contributed by atoms with van der Waals surface area (Å²) in [6, 6.07) is 3.77. The number of nitrogens with zero attached hydrogens (tertiary/aromatic N) is 1. The number of aryl methyl sites for hydroxylation is 2. The van der Waals surface area contributed by atoms with Crippen LogP contribution in [0.15, 0.2) is 16.9 Å². The van der Waals surface area contributed by atoms with Crippen LogP contribution in [0, 0.1) is 6.92 Å². The Hall–Kier alpha value is -1.66. The number of benzene rings is 1. The van der Waals surface area contributed by atoms with Crippen LogP contribution in [-0.2, 0) is 16.6 Å². The zero-order chi connectivity index (χ0) is 16.1. The maximum atomic E-state index is 11.9. The molecule has 2 rings (SSSR count). The molecule has 2 aromatic rings. The lowest BCUT2D eigenvalue weighted by atomic mass is 10.2. The van der Waals surface area contributed by atoms with Crippen molar-refractivity contribution in [3.8, 4) is 0 Å². The highest BCUT2D eigenvalue weighted by atomic mass is 32.1. The normalized spacial score (nSPS) is 11.0. The van der Waals surface area contributed by atoms with Gasteiger partial charge in [0.15, 0.2) is 0 Å². The molecule has 120 valence electrons. The summed E-state index contributed by atoms with van der Waals surface area (Å²) >= 11 is 1.18. The Bertz CT molecular complexity index is 718. The van der Waals surface area contributed by atoms with Crippen LogP contribution in [0.5, 0.6) is 0 Å². The van der Waals surface area contributed by atoms with Gasteiger partial charge in [-0.15, -0.1) is 0 Å². The zero-order valence-corrected chi connectivity index (χ0v) is 14.1. The summed E-state index contributed by atoms with van der Waals surface area (Å²) in [4.78, 5) is 23.6. The van der Waals surface area contributed by atoms with Crippen LogP contribution in [-0.4, -0.2) is 23.7 Å². The summed E-state index contributed by atoms with van der Waals surface area (Å²) in [5, 5.41) is 2.85. The number of unbranched alkanes of at least 4 members (excludes halogenated alkanes) is 2. The van der Waals surface area contributed by atoms with E-state index >= 15 is 0 Å². The first-order chi connectivity index (χ1) is 10.5. The predicted molar refractivity (Wildman–Crippen MR) is 90.8 cm³/mol. The van der Waals surface area contributed by atoms with Crippen molar-refractivity contribution in [3.63, 3.8) is 0 Å². The van der Waals surface area contributed by atoms with Crippen LogP contribution < -0.4 is 10.2 Å². The number of fused-ring (bicyclic) bond motifs is 1. The number of rotatable bonds is 7. The minimum Gasteiger partial charge on any atom is -0.372 e. The fraction of sp³-hybridized carbons (Fsp3) is 0.500. The average Bonchev–Trinajstić information content (AvgIpc) is 2.74. The summed E-state index contributed by atoms with van der Waals surface area (Å²) < 4.78 is 7.85. The number of thiazole rings is 1. The van der Waals surface area contributed by atoms with Crippen molar-refractivity contribution < 1.29 is 9.53 Å². The van der Waals surface area contributed by atoms with E-state index in [4.69, 9.17) is 4.74 Å². The van der Waals surface area contributed by atoms with Gasteiger partial charge in [0.1, 0.15) is 6.61 Å². The van der Waals surface area contributed by atoms with Crippen LogP contribution in [0.25, 0.3) is 10.2 Å². The molecule has 1 heterocycles. The molecule has 1 aromatic carbocycles. The average molecular weight is 322 g/mol. The molecule has 1 N–H and O–H groups in total. The number of aromatic nitrogens is 1. The van der Waals surface area contributed by atoms with Gasteiger partial charge in [0.05, 0.1) is 10.2 Å². The SMILES string of the molecule is CCCCCOCC(=O)Nc1cc2sc(=O)n(C)c2cc1C. The van der Waals surface area contributed by atoms with E-state index < -0.39 is 0 Å². The molecule has 6 heteroatoms. The van der Waals surface area contributed by atoms with Crippen LogP contribution in [0.3, 0.4) is 0 Å². The third-order valence-electron chi connectivity index (χ3n) is 3.54. The highest BCUT2D eigenvalue weighted by Gasteiger charge is 2.10. The van der Waals surface area contributed by atoms with E-state index in [1.807, 2.05) is 19.1 Å². The van der Waals surface area contributed by atoms with E-state index in [0.29, 0.717) is 6.61 Å². The summed E-state index contributed by atoms with van der Waals surface area (Å²) in [6.07, 6.45) is 3.23. The number of carbonyl (C=O) groups excluding carboxylic acids is 1. The number of hydrogen-bond donors (Lipinski definition) is 1. The molecule has 0 spiro atoms. The van der Waals surface area contributed by atoms with Crippen LogP contribution >= 0.6 is 11.3 Å². The number of anilines is 1. The first kappa shape index (κ1) is 16.7. The van der Waals surface area contributed by atoms with Gasteiger partial charge in [-0.25, -0.2) is 0 Å². The Kier molecular flexibility index (Phi) is 5.74. The Labute approximate surface area is 133 Å². The van der Waals surface area contributed by atoms with Gasteiger partial charge in [-0.05, 0) is 31.0 Å². The van der Waals surface area contributed by atoms with Gasteiger partial charge < -0.3 is 14.6 Å². The van der Waals surface area contributed by atoms with Gasteiger partial charge in [-0.2, -0.15) is 0 Å². The number of nitrogens with one attached hydrogen (secondary N) is 1. The lowest BCUT2D eigenvalue weighted by molar-refractivity contribution is -0.120. The highest BCUT2D eigenvalue weighted by Crippen LogP contribution is 2.25. The maximum absolute atomic E-state index is 11.9. The van der Waals surface area contributed by atoms with Gasteiger partial charge in [0, 0.05) is 19.3 Å². The van der Waals surface area contributed by atoms with E-state index in [0.717, 1.165) is 40.7 Å². The molecule has 0 unspecified atom stereocenters. The smallest absolute Gasteiger partial charge is 0.307 e. The topological polar surface area (TPSA) is 60.3 Å². The summed E-state index contributed by atoms with van der Waals surface area (Å²) in [6.45, 7) is 4.72. The molecule has 0 atom stereocenters. The van der Waals surface area contributed by atoms with Gasteiger partial charge in [-0.3, -0.25) is 9.59 Å². The summed E-state index contributed by atoms with van der Waals surface area (Å²) in [5.41, 5.74) is 2.55. The standard InChI is InChI=1S/C16H22N2O3S/c1-4-5-6-7-21-10-15(19)17-12-9-14-13(8-11(12)2)18(3)16(20)22-14/h8-9H,4-7,10H2,1-3H3,(H,17,19). The molecule has 22 heavy (non-hydrogen) atoms. The monoisotopic (exact) mass is 322 g/mol. The number of hydrogen-bond acceptors (Lipinski definition) is 4. The minimum atomic E-state index is -0.165. The number of amides is 1.